The SMILES string of the molecule is Nc1nc2c(c(-c3c(Cl)cc(Cl)cc3OCc3ccccc3)n1)CN(C(=O)NC1=CC=C1)C2. The summed E-state index contributed by atoms with van der Waals surface area (Å²) in [6, 6.07) is 12.9. The molecule has 0 spiro atoms. The highest BCUT2D eigenvalue weighted by molar-refractivity contribution is 6.37. The average molecular weight is 480 g/mol. The Morgan fingerprint density at radius 1 is 1.15 bits per heavy atom. The van der Waals surface area contributed by atoms with Crippen molar-refractivity contribution in [1.82, 2.24) is 20.2 Å². The number of nitrogens with one attached hydrogen (secondary N) is 1. The summed E-state index contributed by atoms with van der Waals surface area (Å²) >= 11 is 12.9. The zero-order valence-electron chi connectivity index (χ0n) is 17.4. The van der Waals surface area contributed by atoms with Gasteiger partial charge in [0.15, 0.2) is 0 Å². The lowest BCUT2D eigenvalue weighted by Crippen LogP contribution is -2.36. The zero-order valence-corrected chi connectivity index (χ0v) is 18.9. The van der Waals surface area contributed by atoms with Crippen LogP contribution in [0.5, 0.6) is 5.75 Å². The average Bonchev–Trinajstić information content (AvgIpc) is 3.19. The van der Waals surface area contributed by atoms with E-state index in [4.69, 9.17) is 33.7 Å². The molecule has 9 heteroatoms. The molecule has 2 heterocycles. The van der Waals surface area contributed by atoms with Crippen LogP contribution in [0.15, 0.2) is 66.4 Å². The number of aromatic nitrogens is 2. The number of nitrogen functional groups attached to an aromatic ring is 1. The molecular weight excluding hydrogens is 461 g/mol. The highest BCUT2D eigenvalue weighted by Crippen LogP contribution is 2.42. The fourth-order valence-corrected chi connectivity index (χ4v) is 4.30. The molecule has 0 fully saturated rings. The van der Waals surface area contributed by atoms with E-state index in [1.54, 1.807) is 17.0 Å². The first-order chi connectivity index (χ1) is 16.0. The number of amides is 2. The van der Waals surface area contributed by atoms with Gasteiger partial charge in [-0.25, -0.2) is 14.8 Å². The van der Waals surface area contributed by atoms with Crippen LogP contribution in [-0.2, 0) is 19.7 Å². The first-order valence-electron chi connectivity index (χ1n) is 10.2. The smallest absolute Gasteiger partial charge is 0.322 e. The van der Waals surface area contributed by atoms with E-state index >= 15 is 0 Å². The quantitative estimate of drug-likeness (QED) is 0.531. The van der Waals surface area contributed by atoms with Gasteiger partial charge in [0.05, 0.1) is 35.1 Å². The lowest BCUT2D eigenvalue weighted by molar-refractivity contribution is 0.201. The Balaban J connectivity index is 1.49. The van der Waals surface area contributed by atoms with Crippen molar-refractivity contribution in [2.75, 3.05) is 5.73 Å². The van der Waals surface area contributed by atoms with Crippen LogP contribution in [-0.4, -0.2) is 20.9 Å². The van der Waals surface area contributed by atoms with Crippen LogP contribution in [0.2, 0.25) is 10.0 Å². The number of fused-ring (bicyclic) bond motifs is 1. The Kier molecular flexibility index (Phi) is 5.66. The van der Waals surface area contributed by atoms with E-state index in [1.165, 1.54) is 0 Å². The maximum Gasteiger partial charge on any atom is 0.322 e. The van der Waals surface area contributed by atoms with Gasteiger partial charge in [0.2, 0.25) is 5.95 Å². The monoisotopic (exact) mass is 479 g/mol. The molecule has 0 atom stereocenters. The molecule has 7 nitrogen and oxygen atoms in total. The third-order valence-corrected chi connectivity index (χ3v) is 5.90. The van der Waals surface area contributed by atoms with Crippen LogP contribution in [0.25, 0.3) is 11.3 Å². The first kappa shape index (κ1) is 21.3. The van der Waals surface area contributed by atoms with Crippen molar-refractivity contribution < 1.29 is 9.53 Å². The number of halogens is 2. The molecule has 2 amide bonds. The zero-order chi connectivity index (χ0) is 22.9. The van der Waals surface area contributed by atoms with Gasteiger partial charge in [0.1, 0.15) is 12.4 Å². The van der Waals surface area contributed by atoms with Crippen molar-refractivity contribution in [1.29, 1.82) is 0 Å². The van der Waals surface area contributed by atoms with Crippen molar-refractivity contribution in [2.45, 2.75) is 19.7 Å². The molecule has 1 aliphatic heterocycles. The molecule has 0 unspecified atom stereocenters. The van der Waals surface area contributed by atoms with Crippen molar-refractivity contribution in [3.63, 3.8) is 0 Å². The van der Waals surface area contributed by atoms with Crippen molar-refractivity contribution in [3.05, 3.63) is 93.3 Å². The number of nitrogens with two attached hydrogens (primary N) is 1. The summed E-state index contributed by atoms with van der Waals surface area (Å²) in [6.45, 7) is 0.943. The summed E-state index contributed by atoms with van der Waals surface area (Å²) in [5.41, 5.74) is 10.3. The summed E-state index contributed by atoms with van der Waals surface area (Å²) in [7, 11) is 0. The van der Waals surface area contributed by atoms with Crippen LogP contribution in [0.1, 0.15) is 16.8 Å². The number of rotatable bonds is 5. The molecule has 5 rings (SSSR count). The van der Waals surface area contributed by atoms with Gasteiger partial charge in [-0.15, -0.1) is 0 Å². The second kappa shape index (κ2) is 8.77. The van der Waals surface area contributed by atoms with Gasteiger partial charge in [0, 0.05) is 16.3 Å². The minimum atomic E-state index is -0.226. The predicted octanol–water partition coefficient (Wildman–Crippen LogP) is 5.09. The van der Waals surface area contributed by atoms with Gasteiger partial charge in [0.25, 0.3) is 0 Å². The molecule has 0 saturated carbocycles. The summed E-state index contributed by atoms with van der Waals surface area (Å²) in [6.07, 6.45) is 5.51. The lowest BCUT2D eigenvalue weighted by atomic mass is 10.0. The molecule has 0 saturated heterocycles. The molecule has 166 valence electrons. The van der Waals surface area contributed by atoms with Crippen LogP contribution < -0.4 is 15.8 Å². The molecule has 33 heavy (non-hydrogen) atoms. The molecule has 3 aromatic rings. The van der Waals surface area contributed by atoms with Gasteiger partial charge >= 0.3 is 6.03 Å². The third-order valence-electron chi connectivity index (χ3n) is 5.38. The van der Waals surface area contributed by atoms with E-state index in [-0.39, 0.29) is 12.0 Å². The van der Waals surface area contributed by atoms with E-state index in [1.807, 2.05) is 48.6 Å². The molecule has 0 radical (unpaired) electrons. The van der Waals surface area contributed by atoms with Crippen LogP contribution in [0, 0.1) is 0 Å². The fourth-order valence-electron chi connectivity index (χ4n) is 3.73. The molecule has 2 aromatic carbocycles. The van der Waals surface area contributed by atoms with Crippen molar-refractivity contribution in [3.8, 4) is 17.0 Å². The largest absolute Gasteiger partial charge is 0.488 e. The van der Waals surface area contributed by atoms with Gasteiger partial charge in [-0.1, -0.05) is 59.6 Å². The normalized spacial score (nSPS) is 13.9. The molecule has 3 N–H and O–H groups in total. The number of allylic oxidation sites excluding steroid dienone is 3. The van der Waals surface area contributed by atoms with Crippen molar-refractivity contribution in [2.24, 2.45) is 0 Å². The van der Waals surface area contributed by atoms with Gasteiger partial charge in [-0.2, -0.15) is 0 Å². The van der Waals surface area contributed by atoms with E-state index in [9.17, 15) is 4.79 Å². The topological polar surface area (TPSA) is 93.4 Å². The number of carbonyl (C=O) groups excluding carboxylic acids is 1. The summed E-state index contributed by atoms with van der Waals surface area (Å²) < 4.78 is 6.11. The molecule has 2 aliphatic rings. The maximum absolute atomic E-state index is 12.7. The van der Waals surface area contributed by atoms with Crippen LogP contribution >= 0.6 is 23.2 Å². The lowest BCUT2D eigenvalue weighted by Gasteiger charge is -2.18. The van der Waals surface area contributed by atoms with Crippen LogP contribution in [0.4, 0.5) is 10.7 Å². The van der Waals surface area contributed by atoms with Gasteiger partial charge in [-0.3, -0.25) is 0 Å². The molecule has 1 aliphatic carbocycles. The number of ether oxygens (including phenoxy) is 1. The number of benzene rings is 2. The Morgan fingerprint density at radius 3 is 2.67 bits per heavy atom. The standard InChI is InChI=1S/C24H19Cl2N5O2/c25-15-9-18(26)21(20(10-15)33-13-14-5-2-1-3-6-14)22-17-11-31(12-19(17)29-23(27)30-22)24(32)28-16-7-4-8-16/h1-10H,11-13H2,(H,28,32)(H2,27,29,30). The number of nitrogens with zero attached hydrogens (tertiary/aromatic N) is 3. The highest BCUT2D eigenvalue weighted by atomic mass is 35.5. The third kappa shape index (κ3) is 4.37. The summed E-state index contributed by atoms with van der Waals surface area (Å²) in [4.78, 5) is 23.2. The number of urea groups is 1. The van der Waals surface area contributed by atoms with Crippen molar-refractivity contribution >= 4 is 35.2 Å². The minimum Gasteiger partial charge on any atom is -0.488 e. The summed E-state index contributed by atoms with van der Waals surface area (Å²) in [5.74, 6) is 0.569. The number of hydrogen-bond acceptors (Lipinski definition) is 5. The Morgan fingerprint density at radius 2 is 1.94 bits per heavy atom. The minimum absolute atomic E-state index is 0.0932. The summed E-state index contributed by atoms with van der Waals surface area (Å²) in [5, 5.41) is 3.66. The Labute approximate surface area is 200 Å². The number of carbonyl (C=O) groups is 1. The number of anilines is 1. The molecular formula is C24H19Cl2N5O2. The van der Waals surface area contributed by atoms with E-state index in [0.29, 0.717) is 52.4 Å². The predicted molar refractivity (Wildman–Crippen MR) is 128 cm³/mol. The second-order valence-electron chi connectivity index (χ2n) is 7.66. The van der Waals surface area contributed by atoms with E-state index < -0.39 is 0 Å². The van der Waals surface area contributed by atoms with E-state index in [0.717, 1.165) is 16.8 Å². The fraction of sp³-hybridized carbons (Fsp3) is 0.125. The van der Waals surface area contributed by atoms with E-state index in [2.05, 4.69) is 15.3 Å². The number of hydrogen-bond donors (Lipinski definition) is 2. The second-order valence-corrected chi connectivity index (χ2v) is 8.50. The maximum atomic E-state index is 12.7. The van der Waals surface area contributed by atoms with Gasteiger partial charge in [-0.05, 0) is 29.8 Å². The Bertz CT molecular complexity index is 1310. The molecule has 0 bridgehead atoms. The highest BCUT2D eigenvalue weighted by Gasteiger charge is 2.31. The molecule has 1 aromatic heterocycles. The first-order valence-corrected chi connectivity index (χ1v) is 11.0. The van der Waals surface area contributed by atoms with Gasteiger partial charge < -0.3 is 20.7 Å². The van der Waals surface area contributed by atoms with Crippen LogP contribution in [0.3, 0.4) is 0 Å². The Hall–Kier alpha value is -3.55.